The minimum atomic E-state index is -4.39. The van der Waals surface area contributed by atoms with Crippen LogP contribution in [0.25, 0.3) is 16.9 Å². The van der Waals surface area contributed by atoms with Gasteiger partial charge in [-0.25, -0.2) is 4.68 Å². The summed E-state index contributed by atoms with van der Waals surface area (Å²) < 4.78 is 41.3. The zero-order valence-corrected chi connectivity index (χ0v) is 16.4. The summed E-state index contributed by atoms with van der Waals surface area (Å²) in [7, 11) is 3.96. The van der Waals surface area contributed by atoms with Gasteiger partial charge in [0.05, 0.1) is 16.9 Å². The molecular weight excluding hydrogens is 377 g/mol. The van der Waals surface area contributed by atoms with E-state index in [-0.39, 0.29) is 0 Å². The van der Waals surface area contributed by atoms with E-state index in [0.29, 0.717) is 5.69 Å². The Morgan fingerprint density at radius 3 is 2.48 bits per heavy atom. The van der Waals surface area contributed by atoms with Crippen molar-refractivity contribution in [2.24, 2.45) is 0 Å². The number of alkyl halides is 3. The highest BCUT2D eigenvalue weighted by Gasteiger charge is 2.31. The van der Waals surface area contributed by atoms with Crippen molar-refractivity contribution in [2.75, 3.05) is 30.9 Å². The average molecular weight is 400 g/mol. The third kappa shape index (κ3) is 3.81. The molecule has 1 aliphatic heterocycles. The summed E-state index contributed by atoms with van der Waals surface area (Å²) in [6.07, 6.45) is -1.53. The summed E-state index contributed by atoms with van der Waals surface area (Å²) in [4.78, 5) is 2.02. The second kappa shape index (κ2) is 7.46. The number of rotatable bonds is 3. The van der Waals surface area contributed by atoms with Gasteiger partial charge in [-0.05, 0) is 49.6 Å². The molecule has 0 atom stereocenters. The molecule has 0 saturated carbocycles. The van der Waals surface area contributed by atoms with Crippen LogP contribution in [0.4, 0.5) is 24.7 Å². The van der Waals surface area contributed by atoms with Crippen LogP contribution in [0.2, 0.25) is 0 Å². The van der Waals surface area contributed by atoms with Gasteiger partial charge in [0.1, 0.15) is 5.82 Å². The number of hydrogen-bond acceptors (Lipinski definition) is 3. The Bertz CT molecular complexity index is 1000. The van der Waals surface area contributed by atoms with Crippen LogP contribution < -0.4 is 10.2 Å². The van der Waals surface area contributed by atoms with Gasteiger partial charge >= 0.3 is 6.18 Å². The van der Waals surface area contributed by atoms with E-state index in [0.717, 1.165) is 66.3 Å². The molecular formula is C22H23F3N4. The summed E-state index contributed by atoms with van der Waals surface area (Å²) in [6, 6.07) is 13.4. The fourth-order valence-corrected chi connectivity index (χ4v) is 3.65. The molecule has 0 saturated heterocycles. The average Bonchev–Trinajstić information content (AvgIpc) is 2.88. The van der Waals surface area contributed by atoms with Crippen molar-refractivity contribution in [3.63, 3.8) is 0 Å². The molecule has 1 aromatic heterocycles. The fourth-order valence-electron chi connectivity index (χ4n) is 3.65. The Hall–Kier alpha value is -2.96. The van der Waals surface area contributed by atoms with Crippen molar-refractivity contribution in [2.45, 2.75) is 25.4 Å². The van der Waals surface area contributed by atoms with E-state index in [9.17, 15) is 13.2 Å². The predicted octanol–water partition coefficient (Wildman–Crippen LogP) is 5.37. The molecule has 2 aromatic carbocycles. The van der Waals surface area contributed by atoms with Crippen molar-refractivity contribution in [1.82, 2.24) is 9.78 Å². The molecule has 1 N–H and O–H groups in total. The Kier molecular flexibility index (Phi) is 4.98. The Morgan fingerprint density at radius 1 is 1.03 bits per heavy atom. The topological polar surface area (TPSA) is 33.1 Å². The van der Waals surface area contributed by atoms with E-state index in [1.165, 1.54) is 6.07 Å². The van der Waals surface area contributed by atoms with E-state index in [4.69, 9.17) is 5.10 Å². The maximum Gasteiger partial charge on any atom is 0.416 e. The third-order valence-corrected chi connectivity index (χ3v) is 5.20. The minimum Gasteiger partial charge on any atom is -0.378 e. The molecule has 0 bridgehead atoms. The zero-order valence-electron chi connectivity index (χ0n) is 16.4. The van der Waals surface area contributed by atoms with Gasteiger partial charge in [-0.3, -0.25) is 0 Å². The lowest BCUT2D eigenvalue weighted by Gasteiger charge is -2.12. The fraction of sp³-hybridized carbons (Fsp3) is 0.318. The third-order valence-electron chi connectivity index (χ3n) is 5.20. The van der Waals surface area contributed by atoms with E-state index in [1.54, 1.807) is 10.7 Å². The van der Waals surface area contributed by atoms with Gasteiger partial charge in [0.2, 0.25) is 0 Å². The van der Waals surface area contributed by atoms with Gasteiger partial charge in [-0.15, -0.1) is 0 Å². The van der Waals surface area contributed by atoms with Crippen molar-refractivity contribution >= 4 is 11.5 Å². The minimum absolute atomic E-state index is 0.404. The van der Waals surface area contributed by atoms with E-state index >= 15 is 0 Å². The van der Waals surface area contributed by atoms with Crippen LogP contribution in [0.15, 0.2) is 48.5 Å². The first-order chi connectivity index (χ1) is 13.8. The van der Waals surface area contributed by atoms with Crippen LogP contribution in [0.1, 0.15) is 24.0 Å². The molecule has 0 unspecified atom stereocenters. The lowest BCUT2D eigenvalue weighted by atomic mass is 10.0. The van der Waals surface area contributed by atoms with Gasteiger partial charge in [0, 0.05) is 37.5 Å². The smallest absolute Gasteiger partial charge is 0.378 e. The molecule has 2 heterocycles. The van der Waals surface area contributed by atoms with Crippen molar-refractivity contribution in [3.8, 4) is 16.9 Å². The molecule has 4 nitrogen and oxygen atoms in total. The lowest BCUT2D eigenvalue weighted by molar-refractivity contribution is -0.137. The summed E-state index contributed by atoms with van der Waals surface area (Å²) in [5, 5.41) is 8.13. The molecule has 7 heteroatoms. The first-order valence-electron chi connectivity index (χ1n) is 9.66. The van der Waals surface area contributed by atoms with Gasteiger partial charge in [-0.1, -0.05) is 18.2 Å². The van der Waals surface area contributed by atoms with E-state index in [2.05, 4.69) is 5.32 Å². The van der Waals surface area contributed by atoms with E-state index < -0.39 is 11.7 Å². The quantitative estimate of drug-likeness (QED) is 0.641. The second-order valence-electron chi connectivity index (χ2n) is 7.46. The summed E-state index contributed by atoms with van der Waals surface area (Å²) >= 11 is 0. The van der Waals surface area contributed by atoms with Gasteiger partial charge < -0.3 is 10.2 Å². The zero-order chi connectivity index (χ0) is 20.6. The number of aromatic nitrogens is 2. The lowest BCUT2D eigenvalue weighted by Crippen LogP contribution is -2.09. The highest BCUT2D eigenvalue weighted by molar-refractivity contribution is 5.72. The summed E-state index contributed by atoms with van der Waals surface area (Å²) in [5.74, 6) is 0.786. The molecule has 0 radical (unpaired) electrons. The maximum absolute atomic E-state index is 13.2. The number of halogens is 3. The summed E-state index contributed by atoms with van der Waals surface area (Å²) in [5.41, 5.74) is 3.64. The Morgan fingerprint density at radius 2 is 1.79 bits per heavy atom. The molecule has 4 rings (SSSR count). The number of benzene rings is 2. The van der Waals surface area contributed by atoms with E-state index in [1.807, 2.05) is 43.3 Å². The monoisotopic (exact) mass is 400 g/mol. The second-order valence-corrected chi connectivity index (χ2v) is 7.46. The van der Waals surface area contributed by atoms with Gasteiger partial charge in [0.25, 0.3) is 0 Å². The van der Waals surface area contributed by atoms with Crippen molar-refractivity contribution in [1.29, 1.82) is 0 Å². The number of hydrogen-bond donors (Lipinski definition) is 1. The number of nitrogens with one attached hydrogen (secondary N) is 1. The van der Waals surface area contributed by atoms with Crippen molar-refractivity contribution in [3.05, 3.63) is 59.7 Å². The highest BCUT2D eigenvalue weighted by Crippen LogP contribution is 2.36. The Balaban J connectivity index is 1.84. The largest absolute Gasteiger partial charge is 0.416 e. The normalized spacial score (nSPS) is 14.1. The van der Waals surface area contributed by atoms with Crippen LogP contribution >= 0.6 is 0 Å². The van der Waals surface area contributed by atoms with Crippen LogP contribution in [0, 0.1) is 0 Å². The molecule has 0 amide bonds. The molecule has 0 aliphatic carbocycles. The highest BCUT2D eigenvalue weighted by atomic mass is 19.4. The summed E-state index contributed by atoms with van der Waals surface area (Å²) in [6.45, 7) is 0.774. The van der Waals surface area contributed by atoms with Crippen LogP contribution in [0.5, 0.6) is 0 Å². The number of fused-ring (bicyclic) bond motifs is 1. The molecule has 0 spiro atoms. The maximum atomic E-state index is 13.2. The Labute approximate surface area is 168 Å². The molecule has 1 aliphatic rings. The van der Waals surface area contributed by atoms with Crippen molar-refractivity contribution < 1.29 is 13.2 Å². The van der Waals surface area contributed by atoms with Crippen LogP contribution in [-0.4, -0.2) is 30.4 Å². The predicted molar refractivity (Wildman–Crippen MR) is 110 cm³/mol. The van der Waals surface area contributed by atoms with Crippen LogP contribution in [-0.2, 0) is 12.6 Å². The molecule has 0 fully saturated rings. The first kappa shape index (κ1) is 19.4. The van der Waals surface area contributed by atoms with Gasteiger partial charge in [-0.2, -0.15) is 18.3 Å². The van der Waals surface area contributed by atoms with Crippen LogP contribution in [0.3, 0.4) is 0 Å². The molecule has 152 valence electrons. The first-order valence-corrected chi connectivity index (χ1v) is 9.66. The number of nitrogens with zero attached hydrogens (tertiary/aromatic N) is 3. The standard InChI is InChI=1S/C22H23F3N4/c1-28(2)17-11-9-15(10-12-17)20-19-8-3-4-13-26-21(19)29(27-20)18-7-5-6-16(14-18)22(23,24)25/h5-7,9-12,14,26H,3-4,8,13H2,1-2H3. The van der Waals surface area contributed by atoms with Gasteiger partial charge in [0.15, 0.2) is 0 Å². The molecule has 3 aromatic rings. The SMILES string of the molecule is CN(C)c1ccc(-c2nn(-c3cccc(C(F)(F)F)c3)c3c2CCCCN3)cc1. The number of anilines is 2. The molecule has 29 heavy (non-hydrogen) atoms.